The predicted octanol–water partition coefficient (Wildman–Crippen LogP) is 5.39. The molecule has 0 aliphatic heterocycles. The van der Waals surface area contributed by atoms with Gasteiger partial charge in [-0.3, -0.25) is 9.78 Å². The van der Waals surface area contributed by atoms with Gasteiger partial charge in [-0.25, -0.2) is 4.79 Å². The first-order valence-electron chi connectivity index (χ1n) is 11.0. The van der Waals surface area contributed by atoms with Crippen molar-refractivity contribution >= 4 is 5.97 Å². The van der Waals surface area contributed by atoms with Crippen LogP contribution in [-0.4, -0.2) is 32.6 Å². The smallest absolute Gasteiger partial charge is 0.338 e. The van der Waals surface area contributed by atoms with Crippen LogP contribution >= 0.6 is 0 Å². The molecule has 4 rings (SSSR count). The molecule has 6 nitrogen and oxygen atoms in total. The highest BCUT2D eigenvalue weighted by Crippen LogP contribution is 2.40. The first kappa shape index (κ1) is 21.3. The molecule has 1 aromatic carbocycles. The Kier molecular flexibility index (Phi) is 5.28. The van der Waals surface area contributed by atoms with E-state index < -0.39 is 0 Å². The number of benzene rings is 1. The Morgan fingerprint density at radius 2 is 1.94 bits per heavy atom. The molecule has 6 heteroatoms. The standard InChI is InChI=1S/C25H32N4O2/c1-7-31-23(30)17-10-8-16(9-11-17)19-14-20(27-26-19)22-18-12-13-25(5,6)15-21(18)29(28-22)24(2,3)4/h8-11,14H,7,12-13,15H2,1-6H3,(H,26,27). The van der Waals surface area contributed by atoms with Crippen molar-refractivity contribution in [1.29, 1.82) is 0 Å². The van der Waals surface area contributed by atoms with Gasteiger partial charge >= 0.3 is 5.97 Å². The third-order valence-electron chi connectivity index (χ3n) is 5.95. The number of ether oxygens (including phenoxy) is 1. The number of rotatable bonds is 4. The number of fused-ring (bicyclic) bond motifs is 1. The lowest BCUT2D eigenvalue weighted by molar-refractivity contribution is 0.0526. The summed E-state index contributed by atoms with van der Waals surface area (Å²) in [6.45, 7) is 13.5. The molecule has 0 unspecified atom stereocenters. The average molecular weight is 421 g/mol. The number of H-pyrrole nitrogens is 1. The molecule has 0 amide bonds. The number of hydrogen-bond acceptors (Lipinski definition) is 4. The zero-order chi connectivity index (χ0) is 22.4. The fourth-order valence-electron chi connectivity index (χ4n) is 4.29. The molecule has 2 heterocycles. The largest absolute Gasteiger partial charge is 0.462 e. The summed E-state index contributed by atoms with van der Waals surface area (Å²) in [4.78, 5) is 11.9. The molecule has 164 valence electrons. The maximum atomic E-state index is 11.9. The van der Waals surface area contributed by atoms with Crippen molar-refractivity contribution in [1.82, 2.24) is 20.0 Å². The molecular weight excluding hydrogens is 388 g/mol. The molecule has 3 aromatic rings. The van der Waals surface area contributed by atoms with E-state index in [1.165, 1.54) is 11.3 Å². The van der Waals surface area contributed by atoms with Gasteiger partial charge < -0.3 is 4.74 Å². The molecule has 1 aliphatic rings. The number of aromatic amines is 1. The van der Waals surface area contributed by atoms with E-state index in [0.29, 0.717) is 12.2 Å². The maximum Gasteiger partial charge on any atom is 0.338 e. The molecule has 1 aliphatic carbocycles. The summed E-state index contributed by atoms with van der Waals surface area (Å²) in [6.07, 6.45) is 3.21. The molecule has 1 N–H and O–H groups in total. The Morgan fingerprint density at radius 1 is 1.23 bits per heavy atom. The van der Waals surface area contributed by atoms with Crippen molar-refractivity contribution in [2.75, 3.05) is 6.61 Å². The van der Waals surface area contributed by atoms with Gasteiger partial charge in [-0.15, -0.1) is 0 Å². The second-order valence-corrected chi connectivity index (χ2v) is 10.2. The monoisotopic (exact) mass is 420 g/mol. The number of nitrogens with zero attached hydrogens (tertiary/aromatic N) is 3. The van der Waals surface area contributed by atoms with Crippen LogP contribution in [0.1, 0.15) is 69.6 Å². The van der Waals surface area contributed by atoms with Gasteiger partial charge in [0.2, 0.25) is 0 Å². The number of carbonyl (C=O) groups excluding carboxylic acids is 1. The minimum atomic E-state index is -0.306. The van der Waals surface area contributed by atoms with Crippen LogP contribution in [0.25, 0.3) is 22.6 Å². The molecule has 2 aromatic heterocycles. The van der Waals surface area contributed by atoms with Crippen LogP contribution in [-0.2, 0) is 23.1 Å². The summed E-state index contributed by atoms with van der Waals surface area (Å²) < 4.78 is 7.26. The van der Waals surface area contributed by atoms with Crippen molar-refractivity contribution in [2.24, 2.45) is 5.41 Å². The lowest BCUT2D eigenvalue weighted by Gasteiger charge is -2.32. The number of hydrogen-bond donors (Lipinski definition) is 1. The molecule has 0 saturated carbocycles. The van der Waals surface area contributed by atoms with Crippen LogP contribution in [0.4, 0.5) is 0 Å². The van der Waals surface area contributed by atoms with Crippen LogP contribution in [0.2, 0.25) is 0 Å². The molecule has 0 saturated heterocycles. The van der Waals surface area contributed by atoms with E-state index in [2.05, 4.69) is 55.6 Å². The summed E-state index contributed by atoms with van der Waals surface area (Å²) in [5, 5.41) is 12.8. The molecule has 0 bridgehead atoms. The maximum absolute atomic E-state index is 11.9. The van der Waals surface area contributed by atoms with E-state index in [-0.39, 0.29) is 16.9 Å². The Balaban J connectivity index is 1.68. The number of aromatic nitrogens is 4. The van der Waals surface area contributed by atoms with Gasteiger partial charge in [-0.05, 0) is 70.6 Å². The Bertz CT molecular complexity index is 1100. The first-order chi connectivity index (χ1) is 14.6. The summed E-state index contributed by atoms with van der Waals surface area (Å²) >= 11 is 0. The Morgan fingerprint density at radius 3 is 2.58 bits per heavy atom. The average Bonchev–Trinajstić information content (AvgIpc) is 3.31. The fraction of sp³-hybridized carbons (Fsp3) is 0.480. The first-order valence-corrected chi connectivity index (χ1v) is 11.0. The highest BCUT2D eigenvalue weighted by Gasteiger charge is 2.34. The van der Waals surface area contributed by atoms with E-state index in [9.17, 15) is 4.79 Å². The lowest BCUT2D eigenvalue weighted by Crippen LogP contribution is -2.30. The summed E-state index contributed by atoms with van der Waals surface area (Å²) in [5.41, 5.74) is 7.14. The minimum Gasteiger partial charge on any atom is -0.462 e. The van der Waals surface area contributed by atoms with Gasteiger partial charge in [0, 0.05) is 16.8 Å². The third kappa shape index (κ3) is 4.16. The van der Waals surface area contributed by atoms with Crippen LogP contribution in [0.5, 0.6) is 0 Å². The Hall–Kier alpha value is -2.89. The molecule has 0 spiro atoms. The van der Waals surface area contributed by atoms with Crippen molar-refractivity contribution in [3.05, 3.63) is 47.2 Å². The lowest BCUT2D eigenvalue weighted by atomic mass is 9.76. The number of carbonyl (C=O) groups is 1. The summed E-state index contributed by atoms with van der Waals surface area (Å²) in [6, 6.07) is 9.41. The van der Waals surface area contributed by atoms with Crippen molar-refractivity contribution in [3.63, 3.8) is 0 Å². The van der Waals surface area contributed by atoms with Crippen molar-refractivity contribution < 1.29 is 9.53 Å². The quantitative estimate of drug-likeness (QED) is 0.575. The van der Waals surface area contributed by atoms with Crippen LogP contribution in [0.15, 0.2) is 30.3 Å². The van der Waals surface area contributed by atoms with Gasteiger partial charge in [0.15, 0.2) is 0 Å². The second-order valence-electron chi connectivity index (χ2n) is 10.2. The predicted molar refractivity (Wildman–Crippen MR) is 122 cm³/mol. The normalized spacial score (nSPS) is 15.5. The van der Waals surface area contributed by atoms with Crippen molar-refractivity contribution in [3.8, 4) is 22.6 Å². The number of nitrogens with one attached hydrogen (secondary N) is 1. The van der Waals surface area contributed by atoms with E-state index in [1.54, 1.807) is 19.1 Å². The summed E-state index contributed by atoms with van der Waals surface area (Å²) in [7, 11) is 0. The van der Waals surface area contributed by atoms with E-state index >= 15 is 0 Å². The zero-order valence-corrected chi connectivity index (χ0v) is 19.4. The molecule has 0 fully saturated rings. The minimum absolute atomic E-state index is 0.0818. The van der Waals surface area contributed by atoms with E-state index in [0.717, 1.165) is 41.9 Å². The van der Waals surface area contributed by atoms with Gasteiger partial charge in [0.25, 0.3) is 0 Å². The topological polar surface area (TPSA) is 72.8 Å². The Labute approximate surface area is 184 Å². The van der Waals surface area contributed by atoms with Gasteiger partial charge in [-0.1, -0.05) is 26.0 Å². The van der Waals surface area contributed by atoms with Gasteiger partial charge in [0.1, 0.15) is 5.69 Å². The molecular formula is C25H32N4O2. The fourth-order valence-corrected chi connectivity index (χ4v) is 4.29. The summed E-state index contributed by atoms with van der Waals surface area (Å²) in [5.74, 6) is -0.306. The van der Waals surface area contributed by atoms with Gasteiger partial charge in [0.05, 0.1) is 29.1 Å². The SMILES string of the molecule is CCOC(=O)c1ccc(-c2cc(-c3nn(C(C)(C)C)c4c3CCC(C)(C)C4)[nH]n2)cc1. The van der Waals surface area contributed by atoms with Crippen molar-refractivity contribution in [2.45, 2.75) is 66.3 Å². The molecule has 31 heavy (non-hydrogen) atoms. The highest BCUT2D eigenvalue weighted by molar-refractivity contribution is 5.90. The van der Waals surface area contributed by atoms with Crippen LogP contribution in [0, 0.1) is 5.41 Å². The van der Waals surface area contributed by atoms with Crippen LogP contribution < -0.4 is 0 Å². The molecule has 0 radical (unpaired) electrons. The van der Waals surface area contributed by atoms with E-state index in [4.69, 9.17) is 9.84 Å². The second kappa shape index (κ2) is 7.66. The third-order valence-corrected chi connectivity index (χ3v) is 5.95. The van der Waals surface area contributed by atoms with E-state index in [1.807, 2.05) is 12.1 Å². The number of esters is 1. The molecule has 0 atom stereocenters. The van der Waals surface area contributed by atoms with Crippen LogP contribution in [0.3, 0.4) is 0 Å². The highest BCUT2D eigenvalue weighted by atomic mass is 16.5. The van der Waals surface area contributed by atoms with Gasteiger partial charge in [-0.2, -0.15) is 10.2 Å². The zero-order valence-electron chi connectivity index (χ0n) is 19.4.